The van der Waals surface area contributed by atoms with Crippen molar-refractivity contribution in [2.75, 3.05) is 37.3 Å². The van der Waals surface area contributed by atoms with E-state index < -0.39 is 36.4 Å². The van der Waals surface area contributed by atoms with E-state index >= 15 is 0 Å². The molecule has 0 atom stereocenters. The molecule has 23 heteroatoms. The number of aromatic nitrogens is 4. The van der Waals surface area contributed by atoms with E-state index in [1.165, 1.54) is 17.3 Å². The predicted molar refractivity (Wildman–Crippen MR) is 187 cm³/mol. The van der Waals surface area contributed by atoms with E-state index in [4.69, 9.17) is 20.9 Å². The lowest BCUT2D eigenvalue weighted by Crippen LogP contribution is -2.40. The van der Waals surface area contributed by atoms with Crippen LogP contribution in [0.15, 0.2) is 59.6 Å². The van der Waals surface area contributed by atoms with Gasteiger partial charge in [0, 0.05) is 44.1 Å². The molecule has 1 fully saturated rings. The third-order valence-electron chi connectivity index (χ3n) is 8.36. The number of halogens is 10. The molecule has 1 saturated heterocycles. The Hall–Kier alpha value is -5.64. The summed E-state index contributed by atoms with van der Waals surface area (Å²) in [5.74, 6) is -5.05. The largest absolute Gasteiger partial charge is 0.458 e. The molecule has 5 heterocycles. The molecule has 0 saturated carbocycles. The number of Topliss-reactive ketones (excluding diaryl/α,β-unsaturated/α-hetero) is 2. The highest BCUT2D eigenvalue weighted by molar-refractivity contribution is 6.41. The van der Waals surface area contributed by atoms with Gasteiger partial charge in [0.1, 0.15) is 5.02 Å². The van der Waals surface area contributed by atoms with E-state index in [9.17, 15) is 53.9 Å². The number of piperidine rings is 1. The Kier molecular flexibility index (Phi) is 14.9. The molecule has 3 aromatic heterocycles. The van der Waals surface area contributed by atoms with Crippen LogP contribution in [0.2, 0.25) is 5.02 Å². The highest BCUT2D eigenvalue weighted by Gasteiger charge is 2.54. The van der Waals surface area contributed by atoms with Gasteiger partial charge in [-0.05, 0) is 73.5 Å². The minimum absolute atomic E-state index is 0.0750. The van der Waals surface area contributed by atoms with Gasteiger partial charge < -0.3 is 25.0 Å². The van der Waals surface area contributed by atoms with Crippen molar-refractivity contribution in [2.45, 2.75) is 50.8 Å². The predicted octanol–water partition coefficient (Wildman–Crippen LogP) is 7.08. The molecule has 2 N–H and O–H groups in total. The lowest BCUT2D eigenvalue weighted by Gasteiger charge is -2.33. The maximum Gasteiger partial charge on any atom is 0.458 e. The molecule has 58 heavy (non-hydrogen) atoms. The molecule has 0 spiro atoms. The molecule has 6 rings (SSSR count). The van der Waals surface area contributed by atoms with Gasteiger partial charge in [0.15, 0.2) is 5.82 Å². The third-order valence-corrected chi connectivity index (χ3v) is 8.64. The van der Waals surface area contributed by atoms with Crippen molar-refractivity contribution in [2.24, 2.45) is 5.92 Å². The first-order chi connectivity index (χ1) is 27.1. The third kappa shape index (κ3) is 13.5. The number of pyridine rings is 1. The molecule has 1 aromatic carbocycles. The number of aldehydes is 1. The van der Waals surface area contributed by atoms with Gasteiger partial charge in [-0.3, -0.25) is 24.2 Å². The number of amides is 1. The van der Waals surface area contributed by atoms with Crippen LogP contribution in [-0.2, 0) is 33.8 Å². The van der Waals surface area contributed by atoms with Crippen molar-refractivity contribution in [3.8, 4) is 0 Å². The van der Waals surface area contributed by atoms with E-state index in [1.54, 1.807) is 18.5 Å². The van der Waals surface area contributed by atoms with Crippen LogP contribution in [0.5, 0.6) is 0 Å². The number of nitrogens with one attached hydrogen (secondary N) is 2. The highest BCUT2D eigenvalue weighted by atomic mass is 35.5. The number of aryl methyl sites for hydroxylation is 2. The molecule has 2 aliphatic heterocycles. The maximum atomic E-state index is 12.6. The van der Waals surface area contributed by atoms with Gasteiger partial charge in [0.25, 0.3) is 5.91 Å². The number of carbonyl (C=O) groups excluding carboxylic acids is 4. The summed E-state index contributed by atoms with van der Waals surface area (Å²) >= 11 is 6.41. The molecule has 13 nitrogen and oxygen atoms in total. The lowest BCUT2D eigenvalue weighted by molar-refractivity contribution is -0.193. The van der Waals surface area contributed by atoms with Crippen LogP contribution in [0.4, 0.5) is 62.7 Å². The van der Waals surface area contributed by atoms with Crippen molar-refractivity contribution in [1.82, 2.24) is 29.9 Å². The molecule has 0 aliphatic carbocycles. The summed E-state index contributed by atoms with van der Waals surface area (Å²) in [6.07, 6.45) is -6.79. The number of anilines is 4. The van der Waals surface area contributed by atoms with Gasteiger partial charge in [0.05, 0.1) is 24.3 Å². The summed E-state index contributed by atoms with van der Waals surface area (Å²) in [5, 5.41) is 10.7. The SMILES string of the molecule is CN(Cc1ccc2cc1CCc1cncc(c1)Nc1ncc(Cl)c(n1)N2)CC1CCN(C(=O)c2ccno2)CC1.O=C(C(=O)C(F)(F)F)C(F)(F)F.O=CC(F)(F)F. The Bertz CT molecular complexity index is 2030. The zero-order chi connectivity index (χ0) is 42.8. The molecule has 312 valence electrons. The Morgan fingerprint density at radius 2 is 1.57 bits per heavy atom. The quantitative estimate of drug-likeness (QED) is 0.115. The Morgan fingerprint density at radius 1 is 0.914 bits per heavy atom. The topological polar surface area (TPSA) is 164 Å². The standard InChI is InChI=1S/C29H31ClN8O2.C4F6O2.C2HF3O/c1-37(17-19-7-10-38(11-8-19)28(39)26-6-9-33-40-26)18-22-4-5-23-13-21(22)3-2-20-12-24(15-31-14-20)35-29-32-16-25(30)27(34-23)36-29;5-3(6,7)1(11)2(12)4(8,9)10;3-2(4,5)1-6/h4-6,9,12-16,19H,2-3,7-8,10-11,17-18H2,1H3,(H2,32,34,35,36);;1H. The number of likely N-dealkylation sites (tertiary alicyclic amines) is 1. The van der Waals surface area contributed by atoms with Gasteiger partial charge in [-0.15, -0.1) is 0 Å². The van der Waals surface area contributed by atoms with Crippen molar-refractivity contribution in [1.29, 1.82) is 0 Å². The molecular weight excluding hydrogens is 819 g/mol. The van der Waals surface area contributed by atoms with Crippen LogP contribution in [0.3, 0.4) is 0 Å². The average molecular weight is 851 g/mol. The number of benzene rings is 1. The second-order valence-corrected chi connectivity index (χ2v) is 13.2. The first-order valence-corrected chi connectivity index (χ1v) is 17.3. The zero-order valence-corrected chi connectivity index (χ0v) is 30.8. The Morgan fingerprint density at radius 3 is 2.16 bits per heavy atom. The summed E-state index contributed by atoms with van der Waals surface area (Å²) in [7, 11) is 2.17. The summed E-state index contributed by atoms with van der Waals surface area (Å²) in [4.78, 5) is 58.1. The molecular formula is C35H32ClF9N8O5. The first-order valence-electron chi connectivity index (χ1n) is 16.9. The number of hydrogen-bond acceptors (Lipinski definition) is 12. The number of fused-ring (bicyclic) bond motifs is 6. The first kappa shape index (κ1) is 45.1. The summed E-state index contributed by atoms with van der Waals surface area (Å²) in [6.45, 7) is 3.28. The summed E-state index contributed by atoms with van der Waals surface area (Å²) < 4.78 is 103. The number of nitrogens with zero attached hydrogens (tertiary/aromatic N) is 6. The minimum atomic E-state index is -5.77. The van der Waals surface area contributed by atoms with Crippen molar-refractivity contribution in [3.63, 3.8) is 0 Å². The van der Waals surface area contributed by atoms with Crippen LogP contribution in [0, 0.1) is 5.92 Å². The van der Waals surface area contributed by atoms with Gasteiger partial charge in [-0.1, -0.05) is 22.8 Å². The molecule has 0 unspecified atom stereocenters. The fourth-order valence-corrected chi connectivity index (χ4v) is 5.84. The normalized spacial score (nSPS) is 14.4. The molecule has 2 aliphatic rings. The van der Waals surface area contributed by atoms with Gasteiger partial charge in [-0.25, -0.2) is 4.98 Å². The van der Waals surface area contributed by atoms with Crippen molar-refractivity contribution in [3.05, 3.63) is 82.6 Å². The highest BCUT2D eigenvalue weighted by Crippen LogP contribution is 2.29. The lowest BCUT2D eigenvalue weighted by atomic mass is 9.95. The second-order valence-electron chi connectivity index (χ2n) is 12.8. The van der Waals surface area contributed by atoms with Crippen LogP contribution < -0.4 is 10.6 Å². The Balaban J connectivity index is 0.000000346. The number of carbonyl (C=O) groups is 4. The fraction of sp³-hybridized carbons (Fsp3) is 0.371. The van der Waals surface area contributed by atoms with E-state index in [0.29, 0.717) is 28.5 Å². The van der Waals surface area contributed by atoms with Crippen LogP contribution in [-0.4, -0.2) is 98.9 Å². The van der Waals surface area contributed by atoms with E-state index in [1.807, 2.05) is 11.1 Å². The number of rotatable bonds is 6. The second kappa shape index (κ2) is 19.2. The van der Waals surface area contributed by atoms with Crippen LogP contribution in [0.1, 0.15) is 40.1 Å². The molecule has 1 amide bonds. The number of hydrogen-bond donors (Lipinski definition) is 2. The molecule has 0 radical (unpaired) electrons. The van der Waals surface area contributed by atoms with E-state index in [2.05, 4.69) is 67.0 Å². The Labute approximate surface area is 327 Å². The van der Waals surface area contributed by atoms with E-state index in [0.717, 1.165) is 68.8 Å². The minimum Gasteiger partial charge on any atom is -0.351 e. The fourth-order valence-electron chi connectivity index (χ4n) is 5.70. The van der Waals surface area contributed by atoms with Gasteiger partial charge >= 0.3 is 30.1 Å². The van der Waals surface area contributed by atoms with Gasteiger partial charge in [-0.2, -0.15) is 44.5 Å². The smallest absolute Gasteiger partial charge is 0.351 e. The number of ketones is 2. The van der Waals surface area contributed by atoms with E-state index in [-0.39, 0.29) is 5.91 Å². The van der Waals surface area contributed by atoms with Crippen LogP contribution >= 0.6 is 11.6 Å². The van der Waals surface area contributed by atoms with Crippen molar-refractivity contribution < 1.29 is 63.2 Å². The molecule has 4 aromatic rings. The summed E-state index contributed by atoms with van der Waals surface area (Å²) in [6, 6.07) is 10.2. The summed E-state index contributed by atoms with van der Waals surface area (Å²) in [5.41, 5.74) is 5.47. The average Bonchev–Trinajstić information content (AvgIpc) is 3.70. The van der Waals surface area contributed by atoms with Crippen LogP contribution in [0.25, 0.3) is 0 Å². The monoisotopic (exact) mass is 850 g/mol. The maximum absolute atomic E-state index is 12.6. The van der Waals surface area contributed by atoms with Crippen molar-refractivity contribution >= 4 is 58.5 Å². The molecule has 6 bridgehead atoms. The number of alkyl halides is 9. The zero-order valence-electron chi connectivity index (χ0n) is 30.0. The van der Waals surface area contributed by atoms with Gasteiger partial charge in [0.2, 0.25) is 18.0 Å².